The first-order valence-electron chi connectivity index (χ1n) is 2.70. The van der Waals surface area contributed by atoms with Crippen LogP contribution < -0.4 is 5.43 Å². The van der Waals surface area contributed by atoms with Crippen LogP contribution in [0.2, 0.25) is 0 Å². The third-order valence-electron chi connectivity index (χ3n) is 0.584. The number of esters is 1. The standard InChI is InChI=1S/C5H8N2O2S/c1-2-9-5(8)3-6-7-4-10/h3-4H,2H2,1H3,(H,7,10). The van der Waals surface area contributed by atoms with Gasteiger partial charge in [0.05, 0.1) is 12.1 Å². The van der Waals surface area contributed by atoms with Gasteiger partial charge in [0.15, 0.2) is 0 Å². The fraction of sp³-hybridized carbons (Fsp3) is 0.400. The van der Waals surface area contributed by atoms with Crippen LogP contribution in [0.5, 0.6) is 0 Å². The van der Waals surface area contributed by atoms with Crippen molar-refractivity contribution in [2.45, 2.75) is 6.92 Å². The first-order valence-corrected chi connectivity index (χ1v) is 3.17. The van der Waals surface area contributed by atoms with Gasteiger partial charge < -0.3 is 4.74 Å². The summed E-state index contributed by atoms with van der Waals surface area (Å²) in [7, 11) is 0. The molecule has 0 aromatic rings. The van der Waals surface area contributed by atoms with Crippen molar-refractivity contribution in [2.75, 3.05) is 6.61 Å². The number of thiocarbonyl (C=S) groups is 1. The van der Waals surface area contributed by atoms with Gasteiger partial charge in [-0.25, -0.2) is 4.79 Å². The van der Waals surface area contributed by atoms with Crippen LogP contribution >= 0.6 is 12.2 Å². The predicted octanol–water partition coefficient (Wildman–Crippen LogP) is 0.0821. The van der Waals surface area contributed by atoms with Crippen LogP contribution in [-0.2, 0) is 9.53 Å². The fourth-order valence-electron chi connectivity index (χ4n) is 0.300. The van der Waals surface area contributed by atoms with Crippen molar-refractivity contribution < 1.29 is 9.53 Å². The Kier molecular flexibility index (Phi) is 5.56. The molecule has 0 saturated heterocycles. The van der Waals surface area contributed by atoms with E-state index < -0.39 is 5.97 Å². The topological polar surface area (TPSA) is 50.7 Å². The SMILES string of the molecule is CCOC(=O)C=NNC=S. The molecule has 0 aliphatic rings. The minimum atomic E-state index is -0.480. The number of ether oxygens (including phenoxy) is 1. The van der Waals surface area contributed by atoms with Crippen molar-refractivity contribution in [1.82, 2.24) is 5.43 Å². The molecular weight excluding hydrogens is 152 g/mol. The van der Waals surface area contributed by atoms with Gasteiger partial charge in [0.25, 0.3) is 0 Å². The summed E-state index contributed by atoms with van der Waals surface area (Å²) in [5.41, 5.74) is 3.49. The van der Waals surface area contributed by atoms with E-state index in [2.05, 4.69) is 27.5 Å². The number of nitrogens with zero attached hydrogens (tertiary/aromatic N) is 1. The Balaban J connectivity index is 3.45. The number of rotatable bonds is 4. The molecule has 56 valence electrons. The normalized spacial score (nSPS) is 9.30. The molecule has 5 heteroatoms. The average molecular weight is 160 g/mol. The van der Waals surface area contributed by atoms with Crippen LogP contribution in [0.25, 0.3) is 0 Å². The lowest BCUT2D eigenvalue weighted by atomic mass is 10.7. The van der Waals surface area contributed by atoms with E-state index in [1.807, 2.05) is 0 Å². The summed E-state index contributed by atoms with van der Waals surface area (Å²) in [5, 5.41) is 3.40. The molecule has 0 saturated carbocycles. The van der Waals surface area contributed by atoms with Crippen LogP contribution in [0, 0.1) is 0 Å². The molecule has 1 N–H and O–H groups in total. The van der Waals surface area contributed by atoms with Gasteiger partial charge in [-0.3, -0.25) is 5.43 Å². The number of nitrogens with one attached hydrogen (secondary N) is 1. The van der Waals surface area contributed by atoms with E-state index in [0.717, 1.165) is 6.21 Å². The van der Waals surface area contributed by atoms with Crippen LogP contribution in [0.3, 0.4) is 0 Å². The fourth-order valence-corrected chi connectivity index (χ4v) is 0.361. The lowest BCUT2D eigenvalue weighted by molar-refractivity contribution is -0.134. The molecule has 0 aromatic heterocycles. The zero-order valence-electron chi connectivity index (χ0n) is 5.53. The van der Waals surface area contributed by atoms with Crippen LogP contribution in [0.4, 0.5) is 0 Å². The molecule has 4 nitrogen and oxygen atoms in total. The van der Waals surface area contributed by atoms with Crippen LogP contribution in [0.15, 0.2) is 5.10 Å². The molecule has 0 aliphatic carbocycles. The maximum atomic E-state index is 10.5. The van der Waals surface area contributed by atoms with E-state index in [1.54, 1.807) is 6.92 Å². The molecule has 0 amide bonds. The Bertz CT molecular complexity index is 147. The molecule has 0 radical (unpaired) electrons. The molecular formula is C5H8N2O2S. The van der Waals surface area contributed by atoms with Gasteiger partial charge in [0.2, 0.25) is 0 Å². The maximum absolute atomic E-state index is 10.5. The van der Waals surface area contributed by atoms with Crippen molar-refractivity contribution in [1.29, 1.82) is 0 Å². The van der Waals surface area contributed by atoms with Gasteiger partial charge in [0.1, 0.15) is 6.21 Å². The van der Waals surface area contributed by atoms with Crippen molar-refractivity contribution >= 4 is 29.9 Å². The summed E-state index contributed by atoms with van der Waals surface area (Å²) in [4.78, 5) is 10.5. The molecule has 0 rings (SSSR count). The summed E-state index contributed by atoms with van der Waals surface area (Å²) in [6.07, 6.45) is 1.02. The summed E-state index contributed by atoms with van der Waals surface area (Å²) in [6.45, 7) is 2.07. The van der Waals surface area contributed by atoms with E-state index in [1.165, 1.54) is 5.49 Å². The molecule has 0 unspecified atom stereocenters. The number of hydrogen-bond donors (Lipinski definition) is 1. The Labute approximate surface area is 64.2 Å². The number of carbonyl (C=O) groups is 1. The van der Waals surface area contributed by atoms with Gasteiger partial charge in [-0.05, 0) is 6.92 Å². The highest BCUT2D eigenvalue weighted by molar-refractivity contribution is 7.78. The molecule has 0 bridgehead atoms. The zero-order chi connectivity index (χ0) is 7.82. The van der Waals surface area contributed by atoms with Gasteiger partial charge in [-0.2, -0.15) is 5.10 Å². The third kappa shape index (κ3) is 5.17. The Morgan fingerprint density at radius 1 is 1.90 bits per heavy atom. The van der Waals surface area contributed by atoms with E-state index in [4.69, 9.17) is 0 Å². The smallest absolute Gasteiger partial charge is 0.351 e. The highest BCUT2D eigenvalue weighted by Gasteiger charge is 1.91. The van der Waals surface area contributed by atoms with E-state index in [0.29, 0.717) is 6.61 Å². The van der Waals surface area contributed by atoms with Crippen molar-refractivity contribution in [3.63, 3.8) is 0 Å². The third-order valence-corrected chi connectivity index (χ3v) is 0.689. The maximum Gasteiger partial charge on any atom is 0.351 e. The first kappa shape index (κ1) is 9.03. The van der Waals surface area contributed by atoms with Gasteiger partial charge in [-0.15, -0.1) is 0 Å². The monoisotopic (exact) mass is 160 g/mol. The lowest BCUT2D eigenvalue weighted by Crippen LogP contribution is -2.08. The Morgan fingerprint density at radius 2 is 2.60 bits per heavy atom. The first-order chi connectivity index (χ1) is 4.81. The number of hydrazone groups is 1. The molecule has 0 aliphatic heterocycles. The molecule has 0 aromatic carbocycles. The number of carbonyl (C=O) groups excluding carboxylic acids is 1. The van der Waals surface area contributed by atoms with Gasteiger partial charge >= 0.3 is 5.97 Å². The van der Waals surface area contributed by atoms with E-state index in [9.17, 15) is 4.79 Å². The summed E-state index contributed by atoms with van der Waals surface area (Å²) < 4.78 is 4.51. The Morgan fingerprint density at radius 3 is 3.10 bits per heavy atom. The zero-order valence-corrected chi connectivity index (χ0v) is 6.35. The molecule has 0 atom stereocenters. The second-order valence-electron chi connectivity index (χ2n) is 1.26. The van der Waals surface area contributed by atoms with E-state index >= 15 is 0 Å². The average Bonchev–Trinajstić information content (AvgIpc) is 1.89. The van der Waals surface area contributed by atoms with Crippen molar-refractivity contribution in [3.05, 3.63) is 0 Å². The van der Waals surface area contributed by atoms with E-state index in [-0.39, 0.29) is 0 Å². The molecule has 0 heterocycles. The summed E-state index contributed by atoms with van der Waals surface area (Å²) >= 11 is 4.37. The minimum Gasteiger partial charge on any atom is -0.462 e. The Hall–Kier alpha value is -0.970. The molecule has 10 heavy (non-hydrogen) atoms. The van der Waals surface area contributed by atoms with Crippen LogP contribution in [-0.4, -0.2) is 24.3 Å². The van der Waals surface area contributed by atoms with Gasteiger partial charge in [0, 0.05) is 0 Å². The van der Waals surface area contributed by atoms with Crippen LogP contribution in [0.1, 0.15) is 6.92 Å². The second kappa shape index (κ2) is 6.15. The van der Waals surface area contributed by atoms with Gasteiger partial charge in [-0.1, -0.05) is 12.2 Å². The number of hydrogen-bond acceptors (Lipinski definition) is 4. The molecule has 0 fully saturated rings. The summed E-state index contributed by atoms with van der Waals surface area (Å²) in [5.74, 6) is -0.480. The lowest BCUT2D eigenvalue weighted by Gasteiger charge is -1.92. The summed E-state index contributed by atoms with van der Waals surface area (Å²) in [6, 6.07) is 0. The minimum absolute atomic E-state index is 0.350. The second-order valence-corrected chi connectivity index (χ2v) is 1.49. The highest BCUT2D eigenvalue weighted by Crippen LogP contribution is 1.71. The predicted molar refractivity (Wildman–Crippen MR) is 41.9 cm³/mol. The largest absolute Gasteiger partial charge is 0.462 e. The van der Waals surface area contributed by atoms with Crippen molar-refractivity contribution in [2.24, 2.45) is 5.10 Å². The quantitative estimate of drug-likeness (QED) is 0.274. The molecule has 0 spiro atoms. The highest BCUT2D eigenvalue weighted by atomic mass is 32.1. The van der Waals surface area contributed by atoms with Crippen molar-refractivity contribution in [3.8, 4) is 0 Å².